The molecule has 2 aromatic carbocycles. The van der Waals surface area contributed by atoms with E-state index in [1.54, 1.807) is 11.3 Å². The minimum absolute atomic E-state index is 0.0152. The first-order chi connectivity index (χ1) is 18.4. The first-order valence-electron chi connectivity index (χ1n) is 13.1. The Morgan fingerprint density at radius 1 is 1.00 bits per heavy atom. The second-order valence-corrected chi connectivity index (χ2v) is 12.5. The zero-order chi connectivity index (χ0) is 26.6. The highest BCUT2D eigenvalue weighted by Gasteiger charge is 2.20. The summed E-state index contributed by atoms with van der Waals surface area (Å²) in [5.74, 6) is 2.04. The maximum Gasteiger partial charge on any atom is 0.229 e. The minimum Gasteiger partial charge on any atom is -0.489 e. The molecule has 0 spiro atoms. The second kappa shape index (κ2) is 11.8. The average molecular weight is 550 g/mol. The fourth-order valence-corrected chi connectivity index (χ4v) is 6.15. The van der Waals surface area contributed by atoms with Gasteiger partial charge < -0.3 is 25.4 Å². The Hall–Kier alpha value is -3.01. The molecule has 1 aliphatic rings. The van der Waals surface area contributed by atoms with E-state index < -0.39 is 0 Å². The van der Waals surface area contributed by atoms with Crippen LogP contribution >= 0.6 is 23.1 Å². The Labute approximate surface area is 232 Å². The van der Waals surface area contributed by atoms with Gasteiger partial charge in [0.15, 0.2) is 5.82 Å². The molecule has 1 saturated heterocycles. The van der Waals surface area contributed by atoms with E-state index in [0.29, 0.717) is 11.2 Å². The van der Waals surface area contributed by atoms with E-state index in [0.717, 1.165) is 64.8 Å². The molecule has 200 valence electrons. The molecule has 1 fully saturated rings. The molecule has 0 atom stereocenters. The Kier molecular flexibility index (Phi) is 8.26. The maximum absolute atomic E-state index is 9.90. The van der Waals surface area contributed by atoms with Crippen molar-refractivity contribution in [2.75, 3.05) is 28.6 Å². The summed E-state index contributed by atoms with van der Waals surface area (Å²) in [4.78, 5) is 13.2. The van der Waals surface area contributed by atoms with Gasteiger partial charge in [-0.25, -0.2) is 4.98 Å². The number of para-hydroxylation sites is 1. The predicted molar refractivity (Wildman–Crippen MR) is 161 cm³/mol. The van der Waals surface area contributed by atoms with Gasteiger partial charge in [0, 0.05) is 35.0 Å². The Balaban J connectivity index is 1.45. The molecule has 4 aromatic rings. The summed E-state index contributed by atoms with van der Waals surface area (Å²) in [5.41, 5.74) is 3.83. The Bertz CT molecular complexity index is 1380. The van der Waals surface area contributed by atoms with Gasteiger partial charge >= 0.3 is 0 Å². The average Bonchev–Trinajstić information content (AvgIpc) is 3.35. The van der Waals surface area contributed by atoms with E-state index in [9.17, 15) is 5.11 Å². The summed E-state index contributed by atoms with van der Waals surface area (Å²) in [5, 5.41) is 19.4. The van der Waals surface area contributed by atoms with Crippen molar-refractivity contribution < 1.29 is 9.84 Å². The van der Waals surface area contributed by atoms with Crippen molar-refractivity contribution in [2.24, 2.45) is 0 Å². The summed E-state index contributed by atoms with van der Waals surface area (Å²) in [6, 6.07) is 16.5. The van der Waals surface area contributed by atoms with E-state index >= 15 is 0 Å². The van der Waals surface area contributed by atoms with E-state index in [-0.39, 0.29) is 12.2 Å². The molecule has 0 radical (unpaired) electrons. The molecule has 0 aliphatic carbocycles. The summed E-state index contributed by atoms with van der Waals surface area (Å²) in [6.45, 7) is 10.1. The number of aliphatic hydroxyl groups is 1. The number of thioether (sulfide) groups is 1. The van der Waals surface area contributed by atoms with Crippen LogP contribution in [-0.2, 0) is 0 Å². The van der Waals surface area contributed by atoms with Crippen molar-refractivity contribution in [1.29, 1.82) is 0 Å². The zero-order valence-corrected chi connectivity index (χ0v) is 23.9. The third-order valence-corrected chi connectivity index (χ3v) is 8.20. The van der Waals surface area contributed by atoms with Crippen molar-refractivity contribution in [3.05, 3.63) is 53.9 Å². The number of thiophene rings is 1. The number of ether oxygens (including phenoxy) is 1. The third kappa shape index (κ3) is 6.34. The van der Waals surface area contributed by atoms with Gasteiger partial charge in [0.1, 0.15) is 5.75 Å². The molecule has 1 aliphatic heterocycles. The molecular weight excluding hydrogens is 514 g/mol. The number of hydrogen-bond donors (Lipinski definition) is 3. The van der Waals surface area contributed by atoms with Crippen LogP contribution in [0.25, 0.3) is 10.2 Å². The van der Waals surface area contributed by atoms with Crippen LogP contribution in [0.15, 0.2) is 58.8 Å². The van der Waals surface area contributed by atoms with Crippen LogP contribution in [0.3, 0.4) is 0 Å². The first kappa shape index (κ1) is 26.6. The number of rotatable bonds is 9. The molecule has 38 heavy (non-hydrogen) atoms. The molecule has 0 bridgehead atoms. The Morgan fingerprint density at radius 2 is 1.79 bits per heavy atom. The smallest absolute Gasteiger partial charge is 0.229 e. The van der Waals surface area contributed by atoms with Gasteiger partial charge in [0.2, 0.25) is 5.95 Å². The van der Waals surface area contributed by atoms with Crippen LogP contribution in [0.1, 0.15) is 40.5 Å². The molecular formula is C29H35N5O2S2. The van der Waals surface area contributed by atoms with Gasteiger partial charge in [-0.05, 0) is 62.4 Å². The number of aliphatic hydroxyl groups excluding tert-OH is 1. The molecule has 0 saturated carbocycles. The van der Waals surface area contributed by atoms with Gasteiger partial charge in [0.05, 0.1) is 33.8 Å². The normalized spacial score (nSPS) is 14.4. The molecule has 0 unspecified atom stereocenters. The second-order valence-electron chi connectivity index (χ2n) is 10.0. The SMILES string of the molecule is CC(C)Oc1cc(N2CCC(O)CC2)ccc1Nc1nc(Nc2ccccc2SC(C)C)c2sccc2n1. The van der Waals surface area contributed by atoms with Crippen LogP contribution in [0, 0.1) is 0 Å². The van der Waals surface area contributed by atoms with E-state index in [2.05, 4.69) is 59.7 Å². The summed E-state index contributed by atoms with van der Waals surface area (Å²) in [7, 11) is 0. The number of piperidine rings is 1. The molecule has 5 rings (SSSR count). The van der Waals surface area contributed by atoms with Crippen molar-refractivity contribution in [3.8, 4) is 5.75 Å². The highest BCUT2D eigenvalue weighted by molar-refractivity contribution is 8.00. The van der Waals surface area contributed by atoms with Crippen molar-refractivity contribution in [1.82, 2.24) is 9.97 Å². The largest absolute Gasteiger partial charge is 0.489 e. The van der Waals surface area contributed by atoms with E-state index in [4.69, 9.17) is 14.7 Å². The number of nitrogens with zero attached hydrogens (tertiary/aromatic N) is 3. The lowest BCUT2D eigenvalue weighted by Gasteiger charge is -2.32. The van der Waals surface area contributed by atoms with Gasteiger partial charge in [-0.2, -0.15) is 4.98 Å². The highest BCUT2D eigenvalue weighted by Crippen LogP contribution is 2.37. The predicted octanol–water partition coefficient (Wildman–Crippen LogP) is 7.43. The van der Waals surface area contributed by atoms with Crippen LogP contribution in [0.4, 0.5) is 28.8 Å². The lowest BCUT2D eigenvalue weighted by Crippen LogP contribution is -2.35. The number of benzene rings is 2. The number of aromatic nitrogens is 2. The van der Waals surface area contributed by atoms with Crippen LogP contribution in [0.2, 0.25) is 0 Å². The van der Waals surface area contributed by atoms with Crippen LogP contribution < -0.4 is 20.3 Å². The molecule has 0 amide bonds. The summed E-state index contributed by atoms with van der Waals surface area (Å²) < 4.78 is 7.23. The number of nitrogens with one attached hydrogen (secondary N) is 2. The third-order valence-electron chi connectivity index (χ3n) is 6.21. The number of anilines is 5. The van der Waals surface area contributed by atoms with Gasteiger partial charge in [-0.1, -0.05) is 26.0 Å². The van der Waals surface area contributed by atoms with Crippen molar-refractivity contribution in [3.63, 3.8) is 0 Å². The van der Waals surface area contributed by atoms with Crippen molar-refractivity contribution >= 4 is 62.1 Å². The standard InChI is InChI=1S/C29H35N5O2S2/c1-18(2)36-25-17-20(34-14-11-21(35)12-15-34)9-10-22(25)31-29-32-24-13-16-37-27(24)28(33-29)30-23-7-5-6-8-26(23)38-19(3)4/h5-10,13,16-19,21,35H,11-12,14-15H2,1-4H3,(H2,30,31,32,33). The number of fused-ring (bicyclic) bond motifs is 1. The molecule has 2 aromatic heterocycles. The van der Waals surface area contributed by atoms with Crippen LogP contribution in [-0.4, -0.2) is 45.6 Å². The monoisotopic (exact) mass is 549 g/mol. The fraction of sp³-hybridized carbons (Fsp3) is 0.379. The summed E-state index contributed by atoms with van der Waals surface area (Å²) >= 11 is 3.45. The molecule has 7 nitrogen and oxygen atoms in total. The maximum atomic E-state index is 9.90. The van der Waals surface area contributed by atoms with Crippen LogP contribution in [0.5, 0.6) is 5.75 Å². The van der Waals surface area contributed by atoms with Crippen molar-refractivity contribution in [2.45, 2.75) is 62.9 Å². The lowest BCUT2D eigenvalue weighted by atomic mass is 10.1. The molecule has 9 heteroatoms. The number of hydrogen-bond acceptors (Lipinski definition) is 9. The van der Waals surface area contributed by atoms with E-state index in [1.807, 2.05) is 49.2 Å². The van der Waals surface area contributed by atoms with Gasteiger partial charge in [0.25, 0.3) is 0 Å². The van der Waals surface area contributed by atoms with E-state index in [1.165, 1.54) is 4.90 Å². The minimum atomic E-state index is -0.207. The topological polar surface area (TPSA) is 82.5 Å². The Morgan fingerprint density at radius 3 is 2.55 bits per heavy atom. The summed E-state index contributed by atoms with van der Waals surface area (Å²) in [6.07, 6.45) is 1.37. The van der Waals surface area contributed by atoms with Gasteiger partial charge in [-0.15, -0.1) is 23.1 Å². The van der Waals surface area contributed by atoms with Gasteiger partial charge in [-0.3, -0.25) is 0 Å². The quantitative estimate of drug-likeness (QED) is 0.186. The first-order valence-corrected chi connectivity index (χ1v) is 14.9. The zero-order valence-electron chi connectivity index (χ0n) is 22.3. The highest BCUT2D eigenvalue weighted by atomic mass is 32.2. The lowest BCUT2D eigenvalue weighted by molar-refractivity contribution is 0.145. The molecule has 3 N–H and O–H groups in total. The molecule has 3 heterocycles. The fourth-order valence-electron chi connectivity index (χ4n) is 4.47.